The van der Waals surface area contributed by atoms with E-state index in [4.69, 9.17) is 5.73 Å². The first-order chi connectivity index (χ1) is 11.1. The number of nitrogens with two attached hydrogens (primary N) is 1. The molecule has 1 aliphatic rings. The van der Waals surface area contributed by atoms with Crippen molar-refractivity contribution in [2.75, 3.05) is 5.73 Å². The molecule has 0 aliphatic heterocycles. The van der Waals surface area contributed by atoms with E-state index in [-0.39, 0.29) is 5.75 Å². The van der Waals surface area contributed by atoms with Gasteiger partial charge in [0.1, 0.15) is 5.82 Å². The Morgan fingerprint density at radius 2 is 2.04 bits per heavy atom. The molecular weight excluding hydrogens is 322 g/mol. The number of nitrogen functional groups attached to an aromatic ring is 1. The van der Waals surface area contributed by atoms with E-state index in [1.54, 1.807) is 24.3 Å². The number of benzene rings is 1. The number of hydrogen-bond acceptors (Lipinski definition) is 5. The average molecular weight is 336 g/mol. The molecule has 1 fully saturated rings. The predicted molar refractivity (Wildman–Crippen MR) is 83.3 cm³/mol. The third-order valence-corrected chi connectivity index (χ3v) is 4.74. The zero-order valence-corrected chi connectivity index (χ0v) is 12.9. The quantitative estimate of drug-likeness (QED) is 0.724. The number of imidazole rings is 1. The van der Waals surface area contributed by atoms with Gasteiger partial charge in [0.2, 0.25) is 5.95 Å². The summed E-state index contributed by atoms with van der Waals surface area (Å²) in [5, 5.41) is 8.58. The third kappa shape index (κ3) is 2.54. The highest BCUT2D eigenvalue weighted by Crippen LogP contribution is 2.40. The Hall–Kier alpha value is -2.16. The van der Waals surface area contributed by atoms with Gasteiger partial charge in [-0.15, -0.1) is 10.2 Å². The van der Waals surface area contributed by atoms with Gasteiger partial charge < -0.3 is 5.73 Å². The normalized spacial score (nSPS) is 14.9. The van der Waals surface area contributed by atoms with Crippen molar-refractivity contribution >= 4 is 28.7 Å². The summed E-state index contributed by atoms with van der Waals surface area (Å²) in [6, 6.07) is 7.22. The van der Waals surface area contributed by atoms with Crippen LogP contribution in [0.3, 0.4) is 0 Å². The van der Waals surface area contributed by atoms with E-state index in [1.807, 2.05) is 4.57 Å². The van der Waals surface area contributed by atoms with Crippen molar-refractivity contribution in [2.45, 2.75) is 36.3 Å². The second kappa shape index (κ2) is 5.48. The van der Waals surface area contributed by atoms with Crippen molar-refractivity contribution in [3.05, 3.63) is 30.1 Å². The summed E-state index contributed by atoms with van der Waals surface area (Å²) >= 11 is 1.33. The molecule has 0 saturated heterocycles. The molecule has 0 radical (unpaired) electrons. The van der Waals surface area contributed by atoms with E-state index in [9.17, 15) is 8.78 Å². The van der Waals surface area contributed by atoms with Crippen LogP contribution in [0.25, 0.3) is 11.0 Å². The van der Waals surface area contributed by atoms with Crippen LogP contribution in [0.2, 0.25) is 0 Å². The van der Waals surface area contributed by atoms with Crippen LogP contribution < -0.4 is 5.73 Å². The molecule has 6 nitrogen and oxygen atoms in total. The fourth-order valence-corrected chi connectivity index (χ4v) is 3.55. The summed E-state index contributed by atoms with van der Waals surface area (Å²) in [5.74, 6) is 0.969. The maximum atomic E-state index is 13.4. The average Bonchev–Trinajstić information content (AvgIpc) is 3.18. The molecule has 1 aromatic carbocycles. The Morgan fingerprint density at radius 1 is 1.26 bits per heavy atom. The van der Waals surface area contributed by atoms with Crippen molar-refractivity contribution in [1.29, 1.82) is 0 Å². The number of halogens is 2. The molecule has 1 saturated carbocycles. The van der Waals surface area contributed by atoms with Crippen molar-refractivity contribution in [3.63, 3.8) is 0 Å². The number of rotatable bonds is 5. The van der Waals surface area contributed by atoms with Gasteiger partial charge in [-0.2, -0.15) is 8.78 Å². The highest BCUT2D eigenvalue weighted by molar-refractivity contribution is 7.98. The highest BCUT2D eigenvalue weighted by Gasteiger charge is 2.29. The summed E-state index contributed by atoms with van der Waals surface area (Å²) in [5.41, 5.74) is 6.82. The van der Waals surface area contributed by atoms with E-state index >= 15 is 0 Å². The summed E-state index contributed by atoms with van der Waals surface area (Å²) in [6.45, 7) is -2.63. The fraction of sp³-hybridized carbons (Fsp3) is 0.357. The summed E-state index contributed by atoms with van der Waals surface area (Å²) < 4.78 is 29.6. The number of nitrogens with zero attached hydrogens (tertiary/aromatic N) is 5. The number of thioether (sulfide) groups is 1. The molecule has 0 amide bonds. The zero-order valence-electron chi connectivity index (χ0n) is 12.1. The lowest BCUT2D eigenvalue weighted by atomic mass is 10.3. The van der Waals surface area contributed by atoms with Crippen LogP contribution in [0.1, 0.15) is 31.3 Å². The lowest BCUT2D eigenvalue weighted by molar-refractivity contribution is 0.0722. The number of anilines is 1. The van der Waals surface area contributed by atoms with Crippen LogP contribution in [0, 0.1) is 0 Å². The molecular formula is C14H14F2N6S. The topological polar surface area (TPSA) is 74.6 Å². The molecule has 120 valence electrons. The molecule has 2 heterocycles. The molecule has 4 rings (SSSR count). The summed E-state index contributed by atoms with van der Waals surface area (Å²) in [6.07, 6.45) is 2.09. The Morgan fingerprint density at radius 3 is 2.78 bits per heavy atom. The van der Waals surface area contributed by atoms with E-state index in [0.29, 0.717) is 34.0 Å². The maximum Gasteiger partial charge on any atom is 0.320 e. The van der Waals surface area contributed by atoms with Gasteiger partial charge in [-0.3, -0.25) is 9.13 Å². The van der Waals surface area contributed by atoms with E-state index in [0.717, 1.165) is 17.4 Å². The van der Waals surface area contributed by atoms with E-state index in [1.165, 1.54) is 11.8 Å². The van der Waals surface area contributed by atoms with Gasteiger partial charge in [0.15, 0.2) is 5.16 Å². The van der Waals surface area contributed by atoms with Crippen LogP contribution in [0.5, 0.6) is 0 Å². The molecule has 2 aromatic heterocycles. The molecule has 0 atom stereocenters. The minimum Gasteiger partial charge on any atom is -0.368 e. The monoisotopic (exact) mass is 336 g/mol. The van der Waals surface area contributed by atoms with Crippen LogP contribution >= 0.6 is 11.8 Å². The molecule has 23 heavy (non-hydrogen) atoms. The minimum atomic E-state index is -2.63. The number of fused-ring (bicyclic) bond motifs is 1. The van der Waals surface area contributed by atoms with Gasteiger partial charge in [0.05, 0.1) is 16.8 Å². The molecule has 3 aromatic rings. The predicted octanol–water partition coefficient (Wildman–Crippen LogP) is 3.23. The van der Waals surface area contributed by atoms with Gasteiger partial charge in [-0.1, -0.05) is 23.9 Å². The summed E-state index contributed by atoms with van der Waals surface area (Å²) in [7, 11) is 0. The first-order valence-corrected chi connectivity index (χ1v) is 8.21. The van der Waals surface area contributed by atoms with Crippen LogP contribution in [-0.2, 0) is 5.75 Å². The fourth-order valence-electron chi connectivity index (χ4n) is 2.61. The highest BCUT2D eigenvalue weighted by atomic mass is 32.2. The first-order valence-electron chi connectivity index (χ1n) is 7.22. The largest absolute Gasteiger partial charge is 0.368 e. The lowest BCUT2D eigenvalue weighted by Gasteiger charge is -2.08. The third-order valence-electron chi connectivity index (χ3n) is 3.80. The minimum absolute atomic E-state index is 0.282. The number of hydrogen-bond donors (Lipinski definition) is 1. The Labute approximate surface area is 134 Å². The number of alkyl halides is 2. The Kier molecular flexibility index (Phi) is 3.44. The second-order valence-corrected chi connectivity index (χ2v) is 6.34. The Balaban J connectivity index is 1.64. The number of aromatic nitrogens is 5. The zero-order chi connectivity index (χ0) is 16.0. The Bertz CT molecular complexity index is 854. The van der Waals surface area contributed by atoms with Crippen LogP contribution in [-0.4, -0.2) is 24.3 Å². The molecule has 0 spiro atoms. The van der Waals surface area contributed by atoms with Crippen LogP contribution in [0.15, 0.2) is 29.4 Å². The van der Waals surface area contributed by atoms with Crippen molar-refractivity contribution < 1.29 is 8.78 Å². The smallest absolute Gasteiger partial charge is 0.320 e. The van der Waals surface area contributed by atoms with Gasteiger partial charge in [-0.05, 0) is 25.0 Å². The summed E-state index contributed by atoms with van der Waals surface area (Å²) in [4.78, 5) is 4.32. The standard InChI is InChI=1S/C14H14F2N6S/c15-12(16)22-10-4-2-1-3-9(10)18-11(22)7-23-14-20-19-13(17)21(14)8-5-6-8/h1-4,8,12H,5-7H2,(H2,17,19). The maximum absolute atomic E-state index is 13.4. The van der Waals surface area contributed by atoms with Crippen molar-refractivity contribution in [2.24, 2.45) is 0 Å². The first kappa shape index (κ1) is 14.4. The SMILES string of the molecule is Nc1nnc(SCc2nc3ccccc3n2C(F)F)n1C1CC1. The molecule has 0 bridgehead atoms. The molecule has 0 unspecified atom stereocenters. The van der Waals surface area contributed by atoms with Gasteiger partial charge >= 0.3 is 6.55 Å². The second-order valence-electron chi connectivity index (χ2n) is 5.40. The molecule has 1 aliphatic carbocycles. The van der Waals surface area contributed by atoms with Crippen LogP contribution in [0.4, 0.5) is 14.7 Å². The van der Waals surface area contributed by atoms with Crippen molar-refractivity contribution in [3.8, 4) is 0 Å². The van der Waals surface area contributed by atoms with Crippen molar-refractivity contribution in [1.82, 2.24) is 24.3 Å². The van der Waals surface area contributed by atoms with E-state index in [2.05, 4.69) is 15.2 Å². The number of para-hydroxylation sites is 2. The van der Waals surface area contributed by atoms with Gasteiger partial charge in [0, 0.05) is 6.04 Å². The van der Waals surface area contributed by atoms with Gasteiger partial charge in [-0.25, -0.2) is 4.98 Å². The van der Waals surface area contributed by atoms with Gasteiger partial charge in [0.25, 0.3) is 0 Å². The lowest BCUT2D eigenvalue weighted by Crippen LogP contribution is -2.05. The van der Waals surface area contributed by atoms with E-state index < -0.39 is 6.55 Å². The molecule has 9 heteroatoms. The molecule has 2 N–H and O–H groups in total.